The summed E-state index contributed by atoms with van der Waals surface area (Å²) in [5.41, 5.74) is 2.61. The number of halogens is 3. The van der Waals surface area contributed by atoms with Gasteiger partial charge in [-0.25, -0.2) is 0 Å². The number of pyridine rings is 1. The van der Waals surface area contributed by atoms with Crippen molar-refractivity contribution in [1.82, 2.24) is 9.55 Å². The van der Waals surface area contributed by atoms with Gasteiger partial charge < -0.3 is 14.5 Å². The van der Waals surface area contributed by atoms with Gasteiger partial charge in [0.25, 0.3) is 0 Å². The first-order valence-corrected chi connectivity index (χ1v) is 8.93. The molecular weight excluding hydrogens is 404 g/mol. The van der Waals surface area contributed by atoms with Gasteiger partial charge in [-0.05, 0) is 43.7 Å². The maximum atomic E-state index is 13.5. The largest absolute Gasteiger partial charge is 1.00 e. The summed E-state index contributed by atoms with van der Waals surface area (Å²) in [6.45, 7) is 3.32. The van der Waals surface area contributed by atoms with E-state index in [1.807, 2.05) is 25.1 Å². The summed E-state index contributed by atoms with van der Waals surface area (Å²) in [5.74, 6) is -1.24. The molecule has 0 saturated heterocycles. The van der Waals surface area contributed by atoms with Crippen molar-refractivity contribution >= 4 is 27.8 Å². The van der Waals surface area contributed by atoms with E-state index in [9.17, 15) is 23.1 Å². The van der Waals surface area contributed by atoms with Crippen molar-refractivity contribution in [2.45, 2.75) is 26.6 Å². The molecule has 2 heterocycles. The van der Waals surface area contributed by atoms with E-state index < -0.39 is 17.7 Å². The molecular formula is C22H16F3N2NaO2. The van der Waals surface area contributed by atoms with Crippen LogP contribution in [-0.2, 0) is 17.5 Å². The van der Waals surface area contributed by atoms with Gasteiger partial charge in [-0.1, -0.05) is 23.8 Å². The van der Waals surface area contributed by atoms with Gasteiger partial charge in [0.05, 0.1) is 23.6 Å². The molecule has 0 fully saturated rings. The Hall–Kier alpha value is -2.35. The van der Waals surface area contributed by atoms with Crippen LogP contribution in [0.3, 0.4) is 0 Å². The van der Waals surface area contributed by atoms with Crippen LogP contribution in [0.4, 0.5) is 13.2 Å². The van der Waals surface area contributed by atoms with Crippen LogP contribution in [-0.4, -0.2) is 15.5 Å². The van der Waals surface area contributed by atoms with Crippen LogP contribution >= 0.6 is 0 Å². The number of aryl methyl sites for hydroxylation is 1. The van der Waals surface area contributed by atoms with E-state index in [1.54, 1.807) is 23.6 Å². The van der Waals surface area contributed by atoms with Crippen molar-refractivity contribution in [2.75, 3.05) is 0 Å². The molecule has 2 aromatic heterocycles. The zero-order chi connectivity index (χ0) is 20.9. The molecule has 8 heteroatoms. The monoisotopic (exact) mass is 420 g/mol. The Bertz CT molecular complexity index is 1280. The zero-order valence-electron chi connectivity index (χ0n) is 16.7. The van der Waals surface area contributed by atoms with Crippen LogP contribution in [0.1, 0.15) is 16.8 Å². The van der Waals surface area contributed by atoms with E-state index in [0.29, 0.717) is 27.7 Å². The molecule has 0 unspecified atom stereocenters. The van der Waals surface area contributed by atoms with Crippen molar-refractivity contribution in [3.63, 3.8) is 0 Å². The quantitative estimate of drug-likeness (QED) is 0.469. The molecule has 0 aliphatic rings. The van der Waals surface area contributed by atoms with Gasteiger partial charge in [0, 0.05) is 33.7 Å². The van der Waals surface area contributed by atoms with Gasteiger partial charge in [-0.15, -0.1) is 0 Å². The number of hydrogen-bond acceptors (Lipinski definition) is 3. The molecule has 0 saturated carbocycles. The smallest absolute Gasteiger partial charge is 0.548 e. The van der Waals surface area contributed by atoms with Crippen molar-refractivity contribution in [1.29, 1.82) is 0 Å². The van der Waals surface area contributed by atoms with Gasteiger partial charge >= 0.3 is 35.7 Å². The summed E-state index contributed by atoms with van der Waals surface area (Å²) < 4.78 is 42.0. The number of carbonyl (C=O) groups is 1. The fourth-order valence-corrected chi connectivity index (χ4v) is 3.89. The topological polar surface area (TPSA) is 58.0 Å². The predicted octanol–water partition coefficient (Wildman–Crippen LogP) is 1.25. The second kappa shape index (κ2) is 8.06. The van der Waals surface area contributed by atoms with Crippen LogP contribution in [0.25, 0.3) is 32.9 Å². The third-order valence-corrected chi connectivity index (χ3v) is 5.11. The first kappa shape index (κ1) is 22.3. The van der Waals surface area contributed by atoms with Gasteiger partial charge in [-0.3, -0.25) is 4.98 Å². The van der Waals surface area contributed by atoms with E-state index in [-0.39, 0.29) is 41.6 Å². The zero-order valence-corrected chi connectivity index (χ0v) is 18.7. The first-order chi connectivity index (χ1) is 13.7. The number of carbonyl (C=O) groups excluding carboxylic acids is 1. The maximum Gasteiger partial charge on any atom is 1.00 e. The molecule has 0 radical (unpaired) electrons. The van der Waals surface area contributed by atoms with Gasteiger partial charge in [0.1, 0.15) is 0 Å². The number of para-hydroxylation sites is 1. The molecule has 2 aromatic carbocycles. The number of aliphatic carboxylic acids is 1. The second-order valence-electron chi connectivity index (χ2n) is 7.00. The first-order valence-electron chi connectivity index (χ1n) is 8.93. The number of carboxylic acids is 1. The molecule has 0 N–H and O–H groups in total. The van der Waals surface area contributed by atoms with Crippen LogP contribution < -0.4 is 34.7 Å². The summed E-state index contributed by atoms with van der Waals surface area (Å²) in [5, 5.41) is 12.4. The molecule has 4 aromatic rings. The Kier molecular flexibility index (Phi) is 6.00. The average Bonchev–Trinajstić information content (AvgIpc) is 2.90. The van der Waals surface area contributed by atoms with Crippen LogP contribution in [0.15, 0.2) is 48.7 Å². The van der Waals surface area contributed by atoms with Crippen LogP contribution in [0, 0.1) is 13.8 Å². The van der Waals surface area contributed by atoms with Gasteiger partial charge in [-0.2, -0.15) is 13.2 Å². The van der Waals surface area contributed by atoms with Crippen molar-refractivity contribution < 1.29 is 52.6 Å². The Labute approximate surface area is 192 Å². The molecule has 4 rings (SSSR count). The number of hydrogen-bond donors (Lipinski definition) is 0. The molecule has 30 heavy (non-hydrogen) atoms. The molecule has 0 aliphatic heterocycles. The summed E-state index contributed by atoms with van der Waals surface area (Å²) >= 11 is 0. The molecule has 148 valence electrons. The molecule has 4 nitrogen and oxygen atoms in total. The summed E-state index contributed by atoms with van der Waals surface area (Å²) in [6, 6.07) is 11.2. The molecule has 0 aliphatic carbocycles. The number of fused-ring (bicyclic) bond motifs is 2. The van der Waals surface area contributed by atoms with Crippen molar-refractivity contribution in [3.05, 3.63) is 65.5 Å². The van der Waals surface area contributed by atoms with Crippen molar-refractivity contribution in [3.8, 4) is 11.1 Å². The van der Waals surface area contributed by atoms with Gasteiger partial charge in [0.2, 0.25) is 0 Å². The van der Waals surface area contributed by atoms with E-state index >= 15 is 0 Å². The Morgan fingerprint density at radius 3 is 2.50 bits per heavy atom. The van der Waals surface area contributed by atoms with E-state index in [0.717, 1.165) is 17.0 Å². The van der Waals surface area contributed by atoms with Crippen LogP contribution in [0.2, 0.25) is 0 Å². The van der Waals surface area contributed by atoms with E-state index in [1.165, 1.54) is 12.3 Å². The van der Waals surface area contributed by atoms with E-state index in [2.05, 4.69) is 4.98 Å². The Balaban J connectivity index is 0.00000256. The predicted molar refractivity (Wildman–Crippen MR) is 102 cm³/mol. The SMILES string of the molecule is Cc1ccc2c(c1)c(-c1ccnc3c(C(F)(F)F)cccc13)c(C)n2CC(=O)[O-].[Na+]. The minimum absolute atomic E-state index is 0. The summed E-state index contributed by atoms with van der Waals surface area (Å²) in [6.07, 6.45) is -3.18. The average molecular weight is 420 g/mol. The molecule has 0 spiro atoms. The van der Waals surface area contributed by atoms with E-state index in [4.69, 9.17) is 0 Å². The number of alkyl halides is 3. The number of benzene rings is 2. The Morgan fingerprint density at radius 2 is 1.83 bits per heavy atom. The normalized spacial score (nSPS) is 11.6. The summed E-state index contributed by atoms with van der Waals surface area (Å²) in [4.78, 5) is 15.3. The van der Waals surface area contributed by atoms with Crippen LogP contribution in [0.5, 0.6) is 0 Å². The third kappa shape index (κ3) is 3.73. The maximum absolute atomic E-state index is 13.5. The number of rotatable bonds is 3. The third-order valence-electron chi connectivity index (χ3n) is 5.11. The number of aromatic nitrogens is 2. The fraction of sp³-hybridized carbons (Fsp3) is 0.182. The number of nitrogens with zero attached hydrogens (tertiary/aromatic N) is 2. The second-order valence-corrected chi connectivity index (χ2v) is 7.00. The Morgan fingerprint density at radius 1 is 1.10 bits per heavy atom. The standard InChI is InChI=1S/C22H17F3N2O2.Na/c1-12-6-7-18-16(10-12)20(13(2)27(18)11-19(28)29)14-8-9-26-21-15(14)4-3-5-17(21)22(23,24)25;/h3-10H,11H2,1-2H3,(H,28,29);/q;+1/p-1. The molecule has 0 amide bonds. The molecule has 0 bridgehead atoms. The fourth-order valence-electron chi connectivity index (χ4n) is 3.89. The van der Waals surface area contributed by atoms with Gasteiger partial charge in [0.15, 0.2) is 0 Å². The van der Waals surface area contributed by atoms with Crippen molar-refractivity contribution in [2.24, 2.45) is 0 Å². The molecule has 0 atom stereocenters. The summed E-state index contributed by atoms with van der Waals surface area (Å²) in [7, 11) is 0. The number of carboxylic acid groups (broad SMARTS) is 1. The minimum Gasteiger partial charge on any atom is -0.548 e. The minimum atomic E-state index is -4.53.